The highest BCUT2D eigenvalue weighted by molar-refractivity contribution is 7.80. The zero-order valence-corrected chi connectivity index (χ0v) is 15.6. The van der Waals surface area contributed by atoms with Crippen LogP contribution in [0.3, 0.4) is 0 Å². The SMILES string of the molecule is O=C(CCC(=O)OCCc1ccccc1)NC(=S)Nc1ccc(Cl)cc1. The maximum absolute atomic E-state index is 11.8. The van der Waals surface area contributed by atoms with E-state index in [1.807, 2.05) is 30.3 Å². The standard InChI is InChI=1S/C19H19ClN2O3S/c20-15-6-8-16(9-7-15)21-19(26)22-17(23)10-11-18(24)25-13-12-14-4-2-1-3-5-14/h1-9H,10-13H2,(H2,21,22,23,26). The Morgan fingerprint density at radius 1 is 1.00 bits per heavy atom. The van der Waals surface area contributed by atoms with Gasteiger partial charge in [-0.25, -0.2) is 0 Å². The predicted molar refractivity (Wildman–Crippen MR) is 106 cm³/mol. The molecule has 0 aromatic heterocycles. The van der Waals surface area contributed by atoms with Gasteiger partial charge in [-0.1, -0.05) is 41.9 Å². The number of nitrogens with one attached hydrogen (secondary N) is 2. The van der Waals surface area contributed by atoms with Crippen molar-refractivity contribution in [1.29, 1.82) is 0 Å². The van der Waals surface area contributed by atoms with Gasteiger partial charge in [-0.15, -0.1) is 0 Å². The predicted octanol–water partition coefficient (Wildman–Crippen LogP) is 3.72. The molecule has 2 N–H and O–H groups in total. The molecule has 2 aromatic rings. The van der Waals surface area contributed by atoms with Crippen molar-refractivity contribution < 1.29 is 14.3 Å². The average molecular weight is 391 g/mol. The molecule has 0 heterocycles. The topological polar surface area (TPSA) is 67.4 Å². The van der Waals surface area contributed by atoms with Crippen molar-refractivity contribution in [2.45, 2.75) is 19.3 Å². The van der Waals surface area contributed by atoms with Crippen molar-refractivity contribution in [3.05, 3.63) is 65.2 Å². The molecular formula is C19H19ClN2O3S. The summed E-state index contributed by atoms with van der Waals surface area (Å²) in [6.45, 7) is 0.293. The molecule has 0 aliphatic heterocycles. The molecule has 0 bridgehead atoms. The van der Waals surface area contributed by atoms with E-state index >= 15 is 0 Å². The zero-order valence-electron chi connectivity index (χ0n) is 14.0. The first-order chi connectivity index (χ1) is 12.5. The van der Waals surface area contributed by atoms with Crippen molar-refractivity contribution in [2.75, 3.05) is 11.9 Å². The van der Waals surface area contributed by atoms with Crippen LogP contribution in [0.2, 0.25) is 5.02 Å². The van der Waals surface area contributed by atoms with Crippen LogP contribution < -0.4 is 10.6 Å². The summed E-state index contributed by atoms with van der Waals surface area (Å²) in [5.41, 5.74) is 1.80. The molecule has 0 unspecified atom stereocenters. The third kappa shape index (κ3) is 7.63. The van der Waals surface area contributed by atoms with Gasteiger partial charge in [0, 0.05) is 23.6 Å². The maximum atomic E-state index is 11.8. The summed E-state index contributed by atoms with van der Waals surface area (Å²) in [5, 5.41) is 6.16. The Hall–Kier alpha value is -2.44. The molecule has 0 aliphatic rings. The van der Waals surface area contributed by atoms with Crippen LogP contribution in [0.5, 0.6) is 0 Å². The minimum absolute atomic E-state index is 0.00415. The first-order valence-corrected chi connectivity index (χ1v) is 8.87. The maximum Gasteiger partial charge on any atom is 0.306 e. The Kier molecular flexibility index (Phi) is 8.05. The van der Waals surface area contributed by atoms with E-state index in [1.165, 1.54) is 0 Å². The van der Waals surface area contributed by atoms with Gasteiger partial charge in [0.25, 0.3) is 0 Å². The molecule has 5 nitrogen and oxygen atoms in total. The highest BCUT2D eigenvalue weighted by Crippen LogP contribution is 2.13. The van der Waals surface area contributed by atoms with Gasteiger partial charge >= 0.3 is 5.97 Å². The summed E-state index contributed by atoms with van der Waals surface area (Å²) in [4.78, 5) is 23.5. The number of amides is 1. The molecule has 136 valence electrons. The van der Waals surface area contributed by atoms with Gasteiger partial charge in [0.1, 0.15) is 0 Å². The fourth-order valence-electron chi connectivity index (χ4n) is 2.10. The van der Waals surface area contributed by atoms with Crippen LogP contribution in [0, 0.1) is 0 Å². The minimum atomic E-state index is -0.410. The fourth-order valence-corrected chi connectivity index (χ4v) is 2.46. The third-order valence-electron chi connectivity index (χ3n) is 3.41. The van der Waals surface area contributed by atoms with Crippen LogP contribution in [0.1, 0.15) is 18.4 Å². The lowest BCUT2D eigenvalue weighted by Gasteiger charge is -2.09. The second-order valence-electron chi connectivity index (χ2n) is 5.47. The first kappa shape index (κ1) is 19.9. The summed E-state index contributed by atoms with van der Waals surface area (Å²) in [5.74, 6) is -0.760. The molecule has 0 spiro atoms. The first-order valence-electron chi connectivity index (χ1n) is 8.09. The smallest absolute Gasteiger partial charge is 0.306 e. The monoisotopic (exact) mass is 390 g/mol. The molecule has 0 radical (unpaired) electrons. The highest BCUT2D eigenvalue weighted by Gasteiger charge is 2.10. The molecule has 0 saturated heterocycles. The van der Waals surface area contributed by atoms with E-state index in [-0.39, 0.29) is 23.9 Å². The fraction of sp³-hybridized carbons (Fsp3) is 0.211. The quantitative estimate of drug-likeness (QED) is 0.557. The lowest BCUT2D eigenvalue weighted by Crippen LogP contribution is -2.34. The minimum Gasteiger partial charge on any atom is -0.465 e. The summed E-state index contributed by atoms with van der Waals surface area (Å²) >= 11 is 10.9. The average Bonchev–Trinajstić information content (AvgIpc) is 2.63. The summed E-state index contributed by atoms with van der Waals surface area (Å²) in [6.07, 6.45) is 0.657. The van der Waals surface area contributed by atoms with Crippen LogP contribution in [-0.4, -0.2) is 23.6 Å². The number of anilines is 1. The second-order valence-corrected chi connectivity index (χ2v) is 6.31. The Balaban J connectivity index is 1.62. The number of halogens is 1. The van der Waals surface area contributed by atoms with E-state index in [2.05, 4.69) is 10.6 Å². The van der Waals surface area contributed by atoms with E-state index in [1.54, 1.807) is 24.3 Å². The second kappa shape index (κ2) is 10.5. The van der Waals surface area contributed by atoms with Gasteiger partial charge < -0.3 is 15.4 Å². The van der Waals surface area contributed by atoms with Crippen LogP contribution in [0.15, 0.2) is 54.6 Å². The normalized spacial score (nSPS) is 10.0. The molecule has 0 saturated carbocycles. The lowest BCUT2D eigenvalue weighted by molar-refractivity contribution is -0.144. The van der Waals surface area contributed by atoms with E-state index in [0.29, 0.717) is 23.7 Å². The van der Waals surface area contributed by atoms with Gasteiger partial charge in [0.2, 0.25) is 5.91 Å². The van der Waals surface area contributed by atoms with Crippen LogP contribution in [0.25, 0.3) is 0 Å². The van der Waals surface area contributed by atoms with Gasteiger partial charge in [-0.2, -0.15) is 0 Å². The van der Waals surface area contributed by atoms with Gasteiger partial charge in [-0.3, -0.25) is 9.59 Å². The number of rotatable bonds is 7. The summed E-state index contributed by atoms with van der Waals surface area (Å²) < 4.78 is 5.13. The molecule has 0 atom stereocenters. The van der Waals surface area contributed by atoms with Gasteiger partial charge in [-0.05, 0) is 42.0 Å². The van der Waals surface area contributed by atoms with Gasteiger partial charge in [0.05, 0.1) is 13.0 Å². The van der Waals surface area contributed by atoms with E-state index in [0.717, 1.165) is 5.56 Å². The van der Waals surface area contributed by atoms with E-state index in [9.17, 15) is 9.59 Å². The van der Waals surface area contributed by atoms with E-state index < -0.39 is 5.97 Å². The molecule has 0 fully saturated rings. The molecule has 2 aromatic carbocycles. The number of esters is 1. The number of benzene rings is 2. The Labute approximate surface area is 162 Å². The molecule has 7 heteroatoms. The van der Waals surface area contributed by atoms with Crippen molar-refractivity contribution in [1.82, 2.24) is 5.32 Å². The molecular weight excluding hydrogens is 372 g/mol. The highest BCUT2D eigenvalue weighted by atomic mass is 35.5. The number of carbonyl (C=O) groups is 2. The Bertz CT molecular complexity index is 751. The number of carbonyl (C=O) groups excluding carboxylic acids is 2. The van der Waals surface area contributed by atoms with Gasteiger partial charge in [0.15, 0.2) is 5.11 Å². The van der Waals surface area contributed by atoms with Crippen molar-refractivity contribution in [3.8, 4) is 0 Å². The lowest BCUT2D eigenvalue weighted by atomic mass is 10.2. The third-order valence-corrected chi connectivity index (χ3v) is 3.86. The van der Waals surface area contributed by atoms with Crippen LogP contribution in [0.4, 0.5) is 5.69 Å². The molecule has 26 heavy (non-hydrogen) atoms. The summed E-state index contributed by atoms with van der Waals surface area (Å²) in [6, 6.07) is 16.6. The number of hydrogen-bond acceptors (Lipinski definition) is 4. The zero-order chi connectivity index (χ0) is 18.8. The summed E-state index contributed by atoms with van der Waals surface area (Å²) in [7, 11) is 0. The van der Waals surface area contributed by atoms with Crippen molar-refractivity contribution >= 4 is 46.5 Å². The van der Waals surface area contributed by atoms with Crippen LogP contribution in [-0.2, 0) is 20.7 Å². The Morgan fingerprint density at radius 2 is 1.69 bits per heavy atom. The number of thiocarbonyl (C=S) groups is 1. The van der Waals surface area contributed by atoms with E-state index in [4.69, 9.17) is 28.6 Å². The van der Waals surface area contributed by atoms with Crippen LogP contribution >= 0.6 is 23.8 Å². The number of hydrogen-bond donors (Lipinski definition) is 2. The largest absolute Gasteiger partial charge is 0.465 e. The molecule has 2 rings (SSSR count). The van der Waals surface area contributed by atoms with Crippen molar-refractivity contribution in [2.24, 2.45) is 0 Å². The molecule has 1 amide bonds. The Morgan fingerprint density at radius 3 is 2.38 bits per heavy atom. The molecule has 0 aliphatic carbocycles. The number of ether oxygens (including phenoxy) is 1. The van der Waals surface area contributed by atoms with Crippen molar-refractivity contribution in [3.63, 3.8) is 0 Å².